The van der Waals surface area contributed by atoms with E-state index in [-0.39, 0.29) is 12.1 Å². The molecule has 0 aliphatic rings. The van der Waals surface area contributed by atoms with Crippen molar-refractivity contribution < 1.29 is 27.7 Å². The second-order valence-corrected chi connectivity index (χ2v) is 7.02. The number of halogens is 3. The molecule has 0 aromatic heterocycles. The first-order valence-electron chi connectivity index (χ1n) is 8.74. The minimum Gasteiger partial charge on any atom is -0.329 e. The molecule has 0 radical (unpaired) electrons. The van der Waals surface area contributed by atoms with Crippen LogP contribution < -0.4 is 5.32 Å². The lowest BCUT2D eigenvalue weighted by Gasteiger charge is -2.22. The predicted octanol–water partition coefficient (Wildman–Crippen LogP) is 4.22. The molecule has 1 N–H and O–H groups in total. The lowest BCUT2D eigenvalue weighted by Crippen LogP contribution is -2.39. The Morgan fingerprint density at radius 3 is 2.47 bits per heavy atom. The quantitative estimate of drug-likeness (QED) is 0.287. The number of thioether (sulfide) groups is 1. The molecule has 0 aliphatic carbocycles. The highest BCUT2D eigenvalue weighted by molar-refractivity contribution is 7.98. The number of anilines is 1. The largest absolute Gasteiger partial charge is 0.329 e. The lowest BCUT2D eigenvalue weighted by atomic mass is 10.1. The minimum absolute atomic E-state index is 0.0904. The van der Waals surface area contributed by atoms with Crippen LogP contribution in [0, 0.1) is 27.6 Å². The summed E-state index contributed by atoms with van der Waals surface area (Å²) in [5.41, 5.74) is -1.18. The van der Waals surface area contributed by atoms with Gasteiger partial charge in [-0.05, 0) is 36.9 Å². The van der Waals surface area contributed by atoms with Crippen LogP contribution >= 0.6 is 11.8 Å². The fourth-order valence-corrected chi connectivity index (χ4v) is 3.09. The van der Waals surface area contributed by atoms with E-state index < -0.39 is 52.1 Å². The fraction of sp³-hybridized carbons (Fsp3) is 0.263. The van der Waals surface area contributed by atoms with Crippen molar-refractivity contribution in [2.24, 2.45) is 0 Å². The molecule has 0 spiro atoms. The summed E-state index contributed by atoms with van der Waals surface area (Å²) in [7, 11) is 0. The Bertz CT molecular complexity index is 988. The van der Waals surface area contributed by atoms with Gasteiger partial charge >= 0.3 is 0 Å². The molecule has 30 heavy (non-hydrogen) atoms. The first-order valence-corrected chi connectivity index (χ1v) is 9.97. The second-order valence-electron chi connectivity index (χ2n) is 6.14. The van der Waals surface area contributed by atoms with Crippen molar-refractivity contribution >= 4 is 35.0 Å². The van der Waals surface area contributed by atoms with Crippen LogP contribution in [0.1, 0.15) is 23.7 Å². The SMILES string of the molecule is CCCN(CC(=O)Nc1ccc(F)c(F)c1F)C(=O)c1cc(SC)ccc1[N+](=O)[O-]. The fourth-order valence-electron chi connectivity index (χ4n) is 2.65. The maximum atomic E-state index is 13.8. The monoisotopic (exact) mass is 441 g/mol. The number of nitrogens with zero attached hydrogens (tertiary/aromatic N) is 2. The van der Waals surface area contributed by atoms with Gasteiger partial charge in [-0.3, -0.25) is 19.7 Å². The van der Waals surface area contributed by atoms with Crippen molar-refractivity contribution in [3.8, 4) is 0 Å². The number of nitrogens with one attached hydrogen (secondary N) is 1. The van der Waals surface area contributed by atoms with Crippen LogP contribution in [0.25, 0.3) is 0 Å². The summed E-state index contributed by atoms with van der Waals surface area (Å²) in [6.45, 7) is 1.26. The maximum Gasteiger partial charge on any atom is 0.282 e. The number of hydrogen-bond acceptors (Lipinski definition) is 5. The Hall–Kier alpha value is -3.08. The van der Waals surface area contributed by atoms with Crippen molar-refractivity contribution in [3.63, 3.8) is 0 Å². The molecule has 11 heteroatoms. The van der Waals surface area contributed by atoms with E-state index in [0.717, 1.165) is 11.0 Å². The zero-order valence-electron chi connectivity index (χ0n) is 16.1. The maximum absolute atomic E-state index is 13.8. The number of benzene rings is 2. The van der Waals surface area contributed by atoms with Crippen LogP contribution in [-0.4, -0.2) is 41.0 Å². The van der Waals surface area contributed by atoms with E-state index in [2.05, 4.69) is 5.32 Å². The highest BCUT2D eigenvalue weighted by Crippen LogP contribution is 2.26. The third kappa shape index (κ3) is 5.29. The van der Waals surface area contributed by atoms with Crippen molar-refractivity contribution in [2.45, 2.75) is 18.2 Å². The summed E-state index contributed by atoms with van der Waals surface area (Å²) >= 11 is 1.29. The van der Waals surface area contributed by atoms with Crippen molar-refractivity contribution in [3.05, 3.63) is 63.5 Å². The average molecular weight is 441 g/mol. The van der Waals surface area contributed by atoms with Gasteiger partial charge in [0.25, 0.3) is 11.6 Å². The zero-order chi connectivity index (χ0) is 22.4. The summed E-state index contributed by atoms with van der Waals surface area (Å²) in [6, 6.07) is 5.58. The van der Waals surface area contributed by atoms with Gasteiger partial charge < -0.3 is 10.2 Å². The molecule has 160 valence electrons. The van der Waals surface area contributed by atoms with Gasteiger partial charge in [0, 0.05) is 17.5 Å². The van der Waals surface area contributed by atoms with Crippen molar-refractivity contribution in [2.75, 3.05) is 24.7 Å². The molecule has 2 aromatic rings. The number of rotatable bonds is 8. The van der Waals surface area contributed by atoms with Crippen LogP contribution in [0.15, 0.2) is 35.2 Å². The summed E-state index contributed by atoms with van der Waals surface area (Å²) in [4.78, 5) is 37.5. The lowest BCUT2D eigenvalue weighted by molar-refractivity contribution is -0.385. The normalized spacial score (nSPS) is 10.6. The Balaban J connectivity index is 2.27. The van der Waals surface area contributed by atoms with Crippen LogP contribution in [0.3, 0.4) is 0 Å². The summed E-state index contributed by atoms with van der Waals surface area (Å²) in [5.74, 6) is -6.33. The first kappa shape index (κ1) is 23.2. The van der Waals surface area contributed by atoms with E-state index in [4.69, 9.17) is 0 Å². The van der Waals surface area contributed by atoms with Gasteiger partial charge in [0.05, 0.1) is 10.6 Å². The standard InChI is InChI=1S/C19H18F3N3O4S/c1-3-8-24(10-16(26)23-14-6-5-13(20)17(21)18(14)22)19(27)12-9-11(30-2)4-7-15(12)25(28)29/h4-7,9H,3,8,10H2,1-2H3,(H,23,26). The molecule has 2 aromatic carbocycles. The summed E-state index contributed by atoms with van der Waals surface area (Å²) < 4.78 is 40.1. The number of carbonyl (C=O) groups is 2. The number of nitro benzene ring substituents is 1. The van der Waals surface area contributed by atoms with Crippen LogP contribution in [0.2, 0.25) is 0 Å². The van der Waals surface area contributed by atoms with E-state index in [1.54, 1.807) is 13.2 Å². The molecule has 0 heterocycles. The Kier molecular flexibility index (Phi) is 7.81. The molecule has 0 atom stereocenters. The third-order valence-corrected chi connectivity index (χ3v) is 4.78. The third-order valence-electron chi connectivity index (χ3n) is 4.06. The Labute approximate surface area is 174 Å². The number of amides is 2. The number of hydrogen-bond donors (Lipinski definition) is 1. The van der Waals surface area contributed by atoms with Crippen LogP contribution in [0.4, 0.5) is 24.5 Å². The summed E-state index contributed by atoms with van der Waals surface area (Å²) in [6.07, 6.45) is 2.18. The molecular weight excluding hydrogens is 423 g/mol. The highest BCUT2D eigenvalue weighted by atomic mass is 32.2. The molecule has 2 rings (SSSR count). The van der Waals surface area contributed by atoms with Crippen molar-refractivity contribution in [1.29, 1.82) is 0 Å². The van der Waals surface area contributed by atoms with Gasteiger partial charge in [-0.1, -0.05) is 6.92 Å². The molecule has 0 saturated carbocycles. The summed E-state index contributed by atoms with van der Waals surface area (Å²) in [5, 5.41) is 13.4. The molecule has 0 saturated heterocycles. The van der Waals surface area contributed by atoms with E-state index in [9.17, 15) is 32.9 Å². The minimum atomic E-state index is -1.74. The smallest absolute Gasteiger partial charge is 0.282 e. The molecule has 0 aliphatic heterocycles. The zero-order valence-corrected chi connectivity index (χ0v) is 16.9. The molecule has 0 bridgehead atoms. The Morgan fingerprint density at radius 2 is 1.87 bits per heavy atom. The Morgan fingerprint density at radius 1 is 1.17 bits per heavy atom. The topological polar surface area (TPSA) is 92.6 Å². The second kappa shape index (κ2) is 10.1. The van der Waals surface area contributed by atoms with Crippen LogP contribution in [0.5, 0.6) is 0 Å². The first-order chi connectivity index (χ1) is 14.2. The van der Waals surface area contributed by atoms with E-state index in [1.165, 1.54) is 30.0 Å². The van der Waals surface area contributed by atoms with Crippen LogP contribution in [-0.2, 0) is 4.79 Å². The average Bonchev–Trinajstić information content (AvgIpc) is 2.72. The van der Waals surface area contributed by atoms with Gasteiger partial charge in [-0.25, -0.2) is 13.2 Å². The van der Waals surface area contributed by atoms with Gasteiger partial charge in [0.1, 0.15) is 12.1 Å². The molecule has 0 unspecified atom stereocenters. The van der Waals surface area contributed by atoms with Gasteiger partial charge in [-0.2, -0.15) is 0 Å². The number of carbonyl (C=O) groups excluding carboxylic acids is 2. The van der Waals surface area contributed by atoms with Gasteiger partial charge in [0.2, 0.25) is 5.91 Å². The van der Waals surface area contributed by atoms with E-state index >= 15 is 0 Å². The molecule has 0 fully saturated rings. The van der Waals surface area contributed by atoms with Crippen molar-refractivity contribution in [1.82, 2.24) is 4.90 Å². The van der Waals surface area contributed by atoms with Gasteiger partial charge in [0.15, 0.2) is 17.5 Å². The molecule has 7 nitrogen and oxygen atoms in total. The van der Waals surface area contributed by atoms with E-state index in [1.807, 2.05) is 0 Å². The van der Waals surface area contributed by atoms with E-state index in [0.29, 0.717) is 17.4 Å². The highest BCUT2D eigenvalue weighted by Gasteiger charge is 2.26. The predicted molar refractivity (Wildman–Crippen MR) is 106 cm³/mol. The molecular formula is C19H18F3N3O4S. The van der Waals surface area contributed by atoms with Gasteiger partial charge in [-0.15, -0.1) is 11.8 Å². The molecule has 2 amide bonds. The number of nitro groups is 1.